The highest BCUT2D eigenvalue weighted by Crippen LogP contribution is 2.19. The molecule has 1 aromatic heterocycles. The highest BCUT2D eigenvalue weighted by atomic mass is 32.1. The SMILES string of the molecule is CCCn1c(=NC(=O)c2ccc(OC)cc2)sc2cc(F)ccc21. The van der Waals surface area contributed by atoms with Crippen molar-refractivity contribution in [2.24, 2.45) is 4.99 Å². The number of benzene rings is 2. The number of carbonyl (C=O) groups excluding carboxylic acids is 1. The van der Waals surface area contributed by atoms with E-state index in [1.807, 2.05) is 4.57 Å². The predicted molar refractivity (Wildman–Crippen MR) is 93.0 cm³/mol. The smallest absolute Gasteiger partial charge is 0.279 e. The lowest BCUT2D eigenvalue weighted by Crippen LogP contribution is -2.16. The van der Waals surface area contributed by atoms with Crippen LogP contribution in [0, 0.1) is 5.82 Å². The zero-order valence-electron chi connectivity index (χ0n) is 13.5. The van der Waals surface area contributed by atoms with E-state index in [4.69, 9.17) is 4.74 Å². The van der Waals surface area contributed by atoms with Crippen LogP contribution in [0.3, 0.4) is 0 Å². The van der Waals surface area contributed by atoms with Crippen LogP contribution in [0.4, 0.5) is 4.39 Å². The van der Waals surface area contributed by atoms with Crippen molar-refractivity contribution in [3.63, 3.8) is 0 Å². The summed E-state index contributed by atoms with van der Waals surface area (Å²) >= 11 is 1.32. The molecule has 24 heavy (non-hydrogen) atoms. The molecule has 3 rings (SSSR count). The van der Waals surface area contributed by atoms with Crippen LogP contribution in [-0.4, -0.2) is 17.6 Å². The van der Waals surface area contributed by atoms with Gasteiger partial charge in [0.05, 0.1) is 17.3 Å². The highest BCUT2D eigenvalue weighted by molar-refractivity contribution is 7.16. The van der Waals surface area contributed by atoms with Crippen LogP contribution in [0.1, 0.15) is 23.7 Å². The van der Waals surface area contributed by atoms with E-state index in [2.05, 4.69) is 11.9 Å². The lowest BCUT2D eigenvalue weighted by molar-refractivity contribution is 0.0998. The number of ether oxygens (including phenoxy) is 1. The van der Waals surface area contributed by atoms with E-state index in [0.717, 1.165) is 23.2 Å². The number of hydrogen-bond acceptors (Lipinski definition) is 3. The van der Waals surface area contributed by atoms with Gasteiger partial charge in [-0.2, -0.15) is 4.99 Å². The van der Waals surface area contributed by atoms with Gasteiger partial charge in [-0.1, -0.05) is 18.3 Å². The van der Waals surface area contributed by atoms with E-state index in [9.17, 15) is 9.18 Å². The predicted octanol–water partition coefficient (Wildman–Crippen LogP) is 4.00. The first kappa shape index (κ1) is 16.4. The third-order valence-corrected chi connectivity index (χ3v) is 4.67. The summed E-state index contributed by atoms with van der Waals surface area (Å²) in [6, 6.07) is 11.4. The summed E-state index contributed by atoms with van der Waals surface area (Å²) in [6.45, 7) is 2.77. The Morgan fingerprint density at radius 3 is 2.67 bits per heavy atom. The quantitative estimate of drug-likeness (QED) is 0.718. The van der Waals surface area contributed by atoms with Gasteiger partial charge in [0.2, 0.25) is 0 Å². The van der Waals surface area contributed by atoms with Gasteiger partial charge in [0.1, 0.15) is 11.6 Å². The number of fused-ring (bicyclic) bond motifs is 1. The number of halogens is 1. The van der Waals surface area contributed by atoms with Gasteiger partial charge in [0.25, 0.3) is 5.91 Å². The third kappa shape index (κ3) is 3.23. The molecule has 0 saturated heterocycles. The molecule has 0 spiro atoms. The molecule has 0 radical (unpaired) electrons. The summed E-state index contributed by atoms with van der Waals surface area (Å²) in [6.07, 6.45) is 0.896. The first-order valence-electron chi connectivity index (χ1n) is 7.64. The van der Waals surface area contributed by atoms with Gasteiger partial charge in [-0.25, -0.2) is 4.39 Å². The molecule has 0 unspecified atom stereocenters. The average molecular weight is 344 g/mol. The van der Waals surface area contributed by atoms with E-state index in [0.29, 0.717) is 16.1 Å². The van der Waals surface area contributed by atoms with Crippen molar-refractivity contribution in [3.05, 3.63) is 58.6 Å². The number of carbonyl (C=O) groups is 1. The standard InChI is InChI=1S/C18H17FN2O2S/c1-3-10-21-15-9-6-13(19)11-16(15)24-18(21)20-17(22)12-4-7-14(23-2)8-5-12/h4-9,11H,3,10H2,1-2H3. The second-order valence-corrected chi connectivity index (χ2v) is 6.30. The maximum Gasteiger partial charge on any atom is 0.279 e. The Bertz CT molecular complexity index is 942. The van der Waals surface area contributed by atoms with Gasteiger partial charge < -0.3 is 9.30 Å². The average Bonchev–Trinajstić information content (AvgIpc) is 2.91. The van der Waals surface area contributed by atoms with E-state index in [1.165, 1.54) is 23.5 Å². The molecule has 0 aliphatic heterocycles. The fourth-order valence-corrected chi connectivity index (χ4v) is 3.54. The summed E-state index contributed by atoms with van der Waals surface area (Å²) in [5, 5.41) is 0. The Kier molecular flexibility index (Phi) is 4.76. The number of aryl methyl sites for hydroxylation is 1. The number of methoxy groups -OCH3 is 1. The molecule has 3 aromatic rings. The molecule has 124 valence electrons. The monoisotopic (exact) mass is 344 g/mol. The lowest BCUT2D eigenvalue weighted by atomic mass is 10.2. The summed E-state index contributed by atoms with van der Waals surface area (Å²) in [5.74, 6) is 0.0693. The number of hydrogen-bond donors (Lipinski definition) is 0. The maximum absolute atomic E-state index is 13.5. The summed E-state index contributed by atoms with van der Waals surface area (Å²) in [4.78, 5) is 17.3. The van der Waals surface area contributed by atoms with Crippen LogP contribution in [-0.2, 0) is 6.54 Å². The molecule has 0 fully saturated rings. The van der Waals surface area contributed by atoms with Crippen LogP contribution < -0.4 is 9.54 Å². The molecule has 0 saturated carbocycles. The normalized spacial score (nSPS) is 11.9. The van der Waals surface area contributed by atoms with Gasteiger partial charge in [0, 0.05) is 12.1 Å². The zero-order chi connectivity index (χ0) is 17.1. The number of aromatic nitrogens is 1. The van der Waals surface area contributed by atoms with Crippen LogP contribution in [0.15, 0.2) is 47.5 Å². The maximum atomic E-state index is 13.5. The Labute approximate surface area is 142 Å². The second kappa shape index (κ2) is 6.97. The molecule has 6 heteroatoms. The largest absolute Gasteiger partial charge is 0.497 e. The van der Waals surface area contributed by atoms with E-state index in [-0.39, 0.29) is 11.7 Å². The minimum atomic E-state index is -0.325. The van der Waals surface area contributed by atoms with Crippen molar-refractivity contribution in [2.75, 3.05) is 7.11 Å². The third-order valence-electron chi connectivity index (χ3n) is 3.63. The van der Waals surface area contributed by atoms with Crippen LogP contribution in [0.5, 0.6) is 5.75 Å². The lowest BCUT2D eigenvalue weighted by Gasteiger charge is -2.03. The number of rotatable bonds is 4. The second-order valence-electron chi connectivity index (χ2n) is 5.29. The first-order chi connectivity index (χ1) is 11.6. The minimum Gasteiger partial charge on any atom is -0.497 e. The number of thiazole rings is 1. The first-order valence-corrected chi connectivity index (χ1v) is 8.46. The van der Waals surface area contributed by atoms with Crippen molar-refractivity contribution < 1.29 is 13.9 Å². The molecule has 0 bridgehead atoms. The van der Waals surface area contributed by atoms with Gasteiger partial charge in [-0.05, 0) is 48.9 Å². The minimum absolute atomic E-state index is 0.291. The van der Waals surface area contributed by atoms with Crippen molar-refractivity contribution in [1.82, 2.24) is 4.57 Å². The fraction of sp³-hybridized carbons (Fsp3) is 0.222. The van der Waals surface area contributed by atoms with Crippen molar-refractivity contribution in [3.8, 4) is 5.75 Å². The molecule has 0 aliphatic carbocycles. The Hall–Kier alpha value is -2.47. The molecule has 4 nitrogen and oxygen atoms in total. The van der Waals surface area contributed by atoms with Gasteiger partial charge in [-0.3, -0.25) is 4.79 Å². The molecule has 1 amide bonds. The van der Waals surface area contributed by atoms with Crippen LogP contribution in [0.2, 0.25) is 0 Å². The van der Waals surface area contributed by atoms with Crippen LogP contribution >= 0.6 is 11.3 Å². The zero-order valence-corrected chi connectivity index (χ0v) is 14.3. The van der Waals surface area contributed by atoms with Crippen molar-refractivity contribution in [1.29, 1.82) is 0 Å². The summed E-state index contributed by atoms with van der Waals surface area (Å²) < 4.78 is 21.3. The Morgan fingerprint density at radius 1 is 1.25 bits per heavy atom. The molecule has 0 atom stereocenters. The number of amides is 1. The van der Waals surface area contributed by atoms with E-state index < -0.39 is 0 Å². The molecular formula is C18H17FN2O2S. The van der Waals surface area contributed by atoms with Crippen molar-refractivity contribution in [2.45, 2.75) is 19.9 Å². The van der Waals surface area contributed by atoms with E-state index >= 15 is 0 Å². The Morgan fingerprint density at radius 2 is 2.00 bits per heavy atom. The topological polar surface area (TPSA) is 43.6 Å². The Balaban J connectivity index is 2.07. The fourth-order valence-electron chi connectivity index (χ4n) is 2.46. The van der Waals surface area contributed by atoms with Crippen molar-refractivity contribution >= 4 is 27.5 Å². The summed E-state index contributed by atoms with van der Waals surface area (Å²) in [5.41, 5.74) is 1.38. The van der Waals surface area contributed by atoms with Crippen LogP contribution in [0.25, 0.3) is 10.2 Å². The molecule has 0 aliphatic rings. The molecule has 0 N–H and O–H groups in total. The summed E-state index contributed by atoms with van der Waals surface area (Å²) in [7, 11) is 1.57. The molecule has 2 aromatic carbocycles. The molecule has 1 heterocycles. The highest BCUT2D eigenvalue weighted by Gasteiger charge is 2.10. The molecular weight excluding hydrogens is 327 g/mol. The van der Waals surface area contributed by atoms with Gasteiger partial charge in [-0.15, -0.1) is 0 Å². The van der Waals surface area contributed by atoms with Gasteiger partial charge >= 0.3 is 0 Å². The van der Waals surface area contributed by atoms with E-state index in [1.54, 1.807) is 37.4 Å². The van der Waals surface area contributed by atoms with Gasteiger partial charge in [0.15, 0.2) is 4.80 Å². The number of nitrogens with zero attached hydrogens (tertiary/aromatic N) is 2.